The molecule has 1 saturated carbocycles. The van der Waals surface area contributed by atoms with Crippen molar-refractivity contribution in [3.05, 3.63) is 47.4 Å². The molecule has 110 valence electrons. The first-order valence-corrected chi connectivity index (χ1v) is 7.18. The number of carbonyl (C=O) groups is 1. The first-order chi connectivity index (χ1) is 10.0. The van der Waals surface area contributed by atoms with E-state index in [1.54, 1.807) is 31.1 Å². The molecule has 0 N–H and O–H groups in total. The third-order valence-corrected chi connectivity index (χ3v) is 3.89. The maximum Gasteiger partial charge on any atom is 0.272 e. The molecule has 2 unspecified atom stereocenters. The molecule has 5 heteroatoms. The summed E-state index contributed by atoms with van der Waals surface area (Å²) in [5.41, 5.74) is 0.410. The Morgan fingerprint density at radius 2 is 2.19 bits per heavy atom. The first-order valence-electron chi connectivity index (χ1n) is 7.18. The molecule has 21 heavy (non-hydrogen) atoms. The Morgan fingerprint density at radius 1 is 1.43 bits per heavy atom. The van der Waals surface area contributed by atoms with Gasteiger partial charge in [0.2, 0.25) is 0 Å². The lowest BCUT2D eigenvalue weighted by Crippen LogP contribution is -2.27. The van der Waals surface area contributed by atoms with Crippen molar-refractivity contribution >= 4 is 5.91 Å². The molecule has 0 saturated heterocycles. The maximum absolute atomic E-state index is 12.3. The molecule has 2 aromatic rings. The van der Waals surface area contributed by atoms with Gasteiger partial charge < -0.3 is 9.32 Å². The van der Waals surface area contributed by atoms with E-state index in [4.69, 9.17) is 4.42 Å². The molecule has 0 aliphatic heterocycles. The second-order valence-corrected chi connectivity index (χ2v) is 5.77. The van der Waals surface area contributed by atoms with E-state index < -0.39 is 0 Å². The molecule has 2 atom stereocenters. The summed E-state index contributed by atoms with van der Waals surface area (Å²) >= 11 is 0. The molecule has 1 amide bonds. The van der Waals surface area contributed by atoms with Gasteiger partial charge in [0, 0.05) is 19.2 Å². The van der Waals surface area contributed by atoms with E-state index in [9.17, 15) is 4.79 Å². The third-order valence-electron chi connectivity index (χ3n) is 3.89. The number of aryl methyl sites for hydroxylation is 1. The highest BCUT2D eigenvalue weighted by Gasteiger charge is 2.36. The molecule has 5 nitrogen and oxygen atoms in total. The zero-order chi connectivity index (χ0) is 15.0. The molecule has 0 radical (unpaired) electrons. The highest BCUT2D eigenvalue weighted by Crippen LogP contribution is 2.47. The third kappa shape index (κ3) is 2.96. The SMILES string of the molecule is Cc1nccc(C(=O)N(C)Cc2ccc(C3CC3C)o2)n1. The Balaban J connectivity index is 1.66. The normalized spacial score (nSPS) is 20.3. The molecule has 2 heterocycles. The van der Waals surface area contributed by atoms with Crippen LogP contribution in [0.15, 0.2) is 28.8 Å². The van der Waals surface area contributed by atoms with Crippen molar-refractivity contribution in [3.8, 4) is 0 Å². The van der Waals surface area contributed by atoms with Crippen molar-refractivity contribution in [3.63, 3.8) is 0 Å². The van der Waals surface area contributed by atoms with Gasteiger partial charge in [-0.3, -0.25) is 4.79 Å². The molecule has 0 bridgehead atoms. The van der Waals surface area contributed by atoms with Crippen LogP contribution < -0.4 is 0 Å². The number of carbonyl (C=O) groups excluding carboxylic acids is 1. The lowest BCUT2D eigenvalue weighted by atomic mass is 10.3. The van der Waals surface area contributed by atoms with Gasteiger partial charge in [0.1, 0.15) is 23.0 Å². The predicted molar refractivity (Wildman–Crippen MR) is 77.8 cm³/mol. The molecule has 3 rings (SSSR count). The van der Waals surface area contributed by atoms with E-state index in [0.717, 1.165) is 11.5 Å². The summed E-state index contributed by atoms with van der Waals surface area (Å²) in [4.78, 5) is 22.1. The van der Waals surface area contributed by atoms with Gasteiger partial charge in [-0.15, -0.1) is 0 Å². The molecule has 1 fully saturated rings. The Labute approximate surface area is 124 Å². The highest BCUT2D eigenvalue weighted by molar-refractivity contribution is 5.91. The van der Waals surface area contributed by atoms with Gasteiger partial charge in [-0.1, -0.05) is 6.92 Å². The van der Waals surface area contributed by atoms with Crippen molar-refractivity contribution in [1.82, 2.24) is 14.9 Å². The van der Waals surface area contributed by atoms with E-state index in [2.05, 4.69) is 16.9 Å². The summed E-state index contributed by atoms with van der Waals surface area (Å²) in [6.07, 6.45) is 2.80. The van der Waals surface area contributed by atoms with Gasteiger partial charge in [-0.2, -0.15) is 0 Å². The summed E-state index contributed by atoms with van der Waals surface area (Å²) in [7, 11) is 1.75. The van der Waals surface area contributed by atoms with Crippen molar-refractivity contribution in [1.29, 1.82) is 0 Å². The average molecular weight is 285 g/mol. The first kappa shape index (κ1) is 13.8. The summed E-state index contributed by atoms with van der Waals surface area (Å²) in [5.74, 6) is 3.59. The summed E-state index contributed by atoms with van der Waals surface area (Å²) in [5, 5.41) is 0. The minimum absolute atomic E-state index is 0.127. The minimum Gasteiger partial charge on any atom is -0.464 e. The van der Waals surface area contributed by atoms with Crippen LogP contribution in [0.25, 0.3) is 0 Å². The van der Waals surface area contributed by atoms with Crippen LogP contribution in [-0.4, -0.2) is 27.8 Å². The van der Waals surface area contributed by atoms with Crippen molar-refractivity contribution in [2.45, 2.75) is 32.7 Å². The smallest absolute Gasteiger partial charge is 0.272 e. The van der Waals surface area contributed by atoms with Crippen LogP contribution in [0.2, 0.25) is 0 Å². The molecular weight excluding hydrogens is 266 g/mol. The number of rotatable bonds is 4. The van der Waals surface area contributed by atoms with Gasteiger partial charge >= 0.3 is 0 Å². The Bertz CT molecular complexity index is 665. The minimum atomic E-state index is -0.127. The Kier molecular flexibility index (Phi) is 3.49. The number of hydrogen-bond acceptors (Lipinski definition) is 4. The summed E-state index contributed by atoms with van der Waals surface area (Å²) in [6.45, 7) is 4.44. The van der Waals surface area contributed by atoms with Crippen LogP contribution in [-0.2, 0) is 6.54 Å². The molecule has 1 aliphatic rings. The van der Waals surface area contributed by atoms with Gasteiger partial charge in [0.25, 0.3) is 5.91 Å². The highest BCUT2D eigenvalue weighted by atomic mass is 16.3. The molecule has 0 aromatic carbocycles. The van der Waals surface area contributed by atoms with Crippen LogP contribution in [0.3, 0.4) is 0 Å². The van der Waals surface area contributed by atoms with Gasteiger partial charge in [-0.05, 0) is 37.5 Å². The van der Waals surface area contributed by atoms with E-state index in [1.807, 2.05) is 12.1 Å². The van der Waals surface area contributed by atoms with E-state index >= 15 is 0 Å². The molecule has 0 spiro atoms. The van der Waals surface area contributed by atoms with Crippen molar-refractivity contribution in [2.75, 3.05) is 7.05 Å². The van der Waals surface area contributed by atoms with Gasteiger partial charge in [0.05, 0.1) is 6.54 Å². The quantitative estimate of drug-likeness (QED) is 0.866. The predicted octanol–water partition coefficient (Wildman–Crippen LogP) is 2.77. The largest absolute Gasteiger partial charge is 0.464 e. The van der Waals surface area contributed by atoms with Gasteiger partial charge in [-0.25, -0.2) is 9.97 Å². The Hall–Kier alpha value is -2.17. The van der Waals surface area contributed by atoms with E-state index in [-0.39, 0.29) is 5.91 Å². The van der Waals surface area contributed by atoms with Crippen LogP contribution in [0, 0.1) is 12.8 Å². The monoisotopic (exact) mass is 285 g/mol. The number of furan rings is 1. The molecule has 1 aliphatic carbocycles. The zero-order valence-electron chi connectivity index (χ0n) is 12.5. The lowest BCUT2D eigenvalue weighted by Gasteiger charge is -2.15. The number of aromatic nitrogens is 2. The summed E-state index contributed by atoms with van der Waals surface area (Å²) in [6, 6.07) is 5.61. The maximum atomic E-state index is 12.3. The van der Waals surface area contributed by atoms with E-state index in [1.165, 1.54) is 6.42 Å². The van der Waals surface area contributed by atoms with Gasteiger partial charge in [0.15, 0.2) is 0 Å². The fourth-order valence-corrected chi connectivity index (χ4v) is 2.47. The molecule has 2 aromatic heterocycles. The Morgan fingerprint density at radius 3 is 2.86 bits per heavy atom. The number of nitrogens with zero attached hydrogens (tertiary/aromatic N) is 3. The molecular formula is C16H19N3O2. The second kappa shape index (κ2) is 5.31. The standard InChI is InChI=1S/C16H19N3O2/c1-10-8-13(10)15-5-4-12(21-15)9-19(3)16(20)14-6-7-17-11(2)18-14/h4-7,10,13H,8-9H2,1-3H3. The van der Waals surface area contributed by atoms with Crippen LogP contribution in [0.5, 0.6) is 0 Å². The fraction of sp³-hybridized carbons (Fsp3) is 0.438. The number of amides is 1. The summed E-state index contributed by atoms with van der Waals surface area (Å²) < 4.78 is 5.83. The zero-order valence-corrected chi connectivity index (χ0v) is 12.5. The van der Waals surface area contributed by atoms with Crippen LogP contribution in [0.1, 0.15) is 47.1 Å². The lowest BCUT2D eigenvalue weighted by molar-refractivity contribution is 0.0768. The van der Waals surface area contributed by atoms with Crippen LogP contribution in [0.4, 0.5) is 0 Å². The van der Waals surface area contributed by atoms with E-state index in [0.29, 0.717) is 29.9 Å². The van der Waals surface area contributed by atoms with Crippen molar-refractivity contribution in [2.24, 2.45) is 5.92 Å². The van der Waals surface area contributed by atoms with Crippen molar-refractivity contribution < 1.29 is 9.21 Å². The topological polar surface area (TPSA) is 59.2 Å². The van der Waals surface area contributed by atoms with Crippen LogP contribution >= 0.6 is 0 Å². The average Bonchev–Trinajstić information content (AvgIpc) is 3.01. The fourth-order valence-electron chi connectivity index (χ4n) is 2.47. The number of hydrogen-bond donors (Lipinski definition) is 0. The second-order valence-electron chi connectivity index (χ2n) is 5.77.